The molecule has 6 heteroatoms. The van der Waals surface area contributed by atoms with Crippen molar-refractivity contribution in [3.63, 3.8) is 0 Å². The topological polar surface area (TPSA) is 67.9 Å². The van der Waals surface area contributed by atoms with Crippen LogP contribution in [0.1, 0.15) is 17.3 Å². The number of fused-ring (bicyclic) bond motifs is 1. The number of nitrogens with zero attached hydrogens (tertiary/aromatic N) is 1. The Hall–Kier alpha value is -3.02. The molecule has 130 valence electrons. The third kappa shape index (κ3) is 3.91. The van der Waals surface area contributed by atoms with Crippen LogP contribution in [0.15, 0.2) is 48.5 Å². The molecule has 1 N–H and O–H groups in total. The van der Waals surface area contributed by atoms with Crippen LogP contribution in [0.4, 0.5) is 5.69 Å². The molecule has 0 bridgehead atoms. The zero-order valence-corrected chi connectivity index (χ0v) is 14.2. The van der Waals surface area contributed by atoms with Crippen molar-refractivity contribution in [1.82, 2.24) is 4.90 Å². The summed E-state index contributed by atoms with van der Waals surface area (Å²) >= 11 is 0. The lowest BCUT2D eigenvalue weighted by Gasteiger charge is -2.16. The summed E-state index contributed by atoms with van der Waals surface area (Å²) < 4.78 is 11.2. The van der Waals surface area contributed by atoms with Crippen molar-refractivity contribution in [2.45, 2.75) is 13.0 Å². The third-order valence-corrected chi connectivity index (χ3v) is 3.93. The Kier molecular flexibility index (Phi) is 4.88. The lowest BCUT2D eigenvalue weighted by molar-refractivity contribution is -0.122. The molecule has 0 saturated heterocycles. The Morgan fingerprint density at radius 2 is 2.00 bits per heavy atom. The Bertz CT molecular complexity index is 776. The molecule has 2 amide bonds. The molecule has 6 nitrogen and oxygen atoms in total. The van der Waals surface area contributed by atoms with Gasteiger partial charge in [-0.3, -0.25) is 9.59 Å². The number of para-hydroxylation sites is 1. The summed E-state index contributed by atoms with van der Waals surface area (Å²) in [6.07, 6.45) is -0.671. The number of anilines is 1. The molecule has 1 aliphatic heterocycles. The van der Waals surface area contributed by atoms with Crippen LogP contribution in [0, 0.1) is 0 Å². The number of ether oxygens (including phenoxy) is 2. The first-order chi connectivity index (χ1) is 12.0. The van der Waals surface area contributed by atoms with E-state index in [1.54, 1.807) is 49.2 Å². The molecular weight excluding hydrogens is 320 g/mol. The van der Waals surface area contributed by atoms with Crippen molar-refractivity contribution in [2.24, 2.45) is 0 Å². The van der Waals surface area contributed by atoms with Crippen molar-refractivity contribution in [3.8, 4) is 11.5 Å². The van der Waals surface area contributed by atoms with E-state index in [1.165, 1.54) is 0 Å². The normalized spacial score (nSPS) is 14.8. The van der Waals surface area contributed by atoms with Gasteiger partial charge in [-0.15, -0.1) is 0 Å². The molecular formula is C19H20N2O4. The maximum absolute atomic E-state index is 12.4. The average Bonchev–Trinajstić information content (AvgIpc) is 2.75. The van der Waals surface area contributed by atoms with Crippen LogP contribution in [0.5, 0.6) is 11.5 Å². The van der Waals surface area contributed by atoms with Gasteiger partial charge in [0.25, 0.3) is 11.8 Å². The summed E-state index contributed by atoms with van der Waals surface area (Å²) in [4.78, 5) is 26.3. The number of nitrogens with one attached hydrogen (secondary N) is 1. The molecule has 0 radical (unpaired) electrons. The molecule has 1 aliphatic rings. The fourth-order valence-corrected chi connectivity index (χ4v) is 2.50. The fourth-order valence-electron chi connectivity index (χ4n) is 2.50. The molecule has 1 unspecified atom stereocenters. The number of benzene rings is 2. The second kappa shape index (κ2) is 7.25. The SMILES string of the molecule is CC(Oc1ccccc1)C(=O)Nc1ccc2c(c1)C(=O)N(C)CCO2. The van der Waals surface area contributed by atoms with Gasteiger partial charge in [0.15, 0.2) is 6.10 Å². The molecule has 0 saturated carbocycles. The molecule has 1 heterocycles. The molecule has 1 atom stereocenters. The lowest BCUT2D eigenvalue weighted by atomic mass is 10.1. The van der Waals surface area contributed by atoms with Gasteiger partial charge in [-0.2, -0.15) is 0 Å². The van der Waals surface area contributed by atoms with E-state index in [4.69, 9.17) is 9.47 Å². The summed E-state index contributed by atoms with van der Waals surface area (Å²) in [5.41, 5.74) is 0.967. The highest BCUT2D eigenvalue weighted by molar-refractivity contribution is 6.00. The van der Waals surface area contributed by atoms with Crippen molar-refractivity contribution in [3.05, 3.63) is 54.1 Å². The molecule has 3 rings (SSSR count). The highest BCUT2D eigenvalue weighted by atomic mass is 16.5. The van der Waals surface area contributed by atoms with E-state index in [0.29, 0.717) is 35.9 Å². The number of carbonyl (C=O) groups excluding carboxylic acids is 2. The summed E-state index contributed by atoms with van der Waals surface area (Å²) in [6.45, 7) is 2.65. The zero-order valence-electron chi connectivity index (χ0n) is 14.2. The molecule has 0 fully saturated rings. The minimum atomic E-state index is -0.671. The molecule has 0 aliphatic carbocycles. The van der Waals surface area contributed by atoms with Crippen molar-refractivity contribution >= 4 is 17.5 Å². The van der Waals surface area contributed by atoms with Crippen LogP contribution in [0.25, 0.3) is 0 Å². The first-order valence-corrected chi connectivity index (χ1v) is 8.09. The van der Waals surface area contributed by atoms with Gasteiger partial charge in [-0.1, -0.05) is 18.2 Å². The predicted molar refractivity (Wildman–Crippen MR) is 94.1 cm³/mol. The van der Waals surface area contributed by atoms with Crippen molar-refractivity contribution in [2.75, 3.05) is 25.5 Å². The number of amides is 2. The van der Waals surface area contributed by atoms with E-state index in [2.05, 4.69) is 5.32 Å². The smallest absolute Gasteiger partial charge is 0.265 e. The highest BCUT2D eigenvalue weighted by Crippen LogP contribution is 2.26. The second-order valence-electron chi connectivity index (χ2n) is 5.85. The molecule has 25 heavy (non-hydrogen) atoms. The van der Waals surface area contributed by atoms with E-state index in [0.717, 1.165) is 0 Å². The van der Waals surface area contributed by atoms with E-state index in [1.807, 2.05) is 18.2 Å². The Balaban J connectivity index is 1.71. The first kappa shape index (κ1) is 16.8. The Labute approximate surface area is 146 Å². The van der Waals surface area contributed by atoms with Gasteiger partial charge >= 0.3 is 0 Å². The van der Waals surface area contributed by atoms with E-state index in [9.17, 15) is 9.59 Å². The van der Waals surface area contributed by atoms with Crippen LogP contribution in [-0.4, -0.2) is 43.0 Å². The zero-order chi connectivity index (χ0) is 17.8. The van der Waals surface area contributed by atoms with Gasteiger partial charge < -0.3 is 19.7 Å². The predicted octanol–water partition coefficient (Wildman–Crippen LogP) is 2.56. The number of carbonyl (C=O) groups is 2. The van der Waals surface area contributed by atoms with Crippen molar-refractivity contribution in [1.29, 1.82) is 0 Å². The van der Waals surface area contributed by atoms with Gasteiger partial charge in [0, 0.05) is 12.7 Å². The standard InChI is InChI=1S/C19H20N2O4/c1-13(25-15-6-4-3-5-7-15)18(22)20-14-8-9-17-16(12-14)19(23)21(2)10-11-24-17/h3-9,12-13H,10-11H2,1-2H3,(H,20,22). The monoisotopic (exact) mass is 340 g/mol. The van der Waals surface area contributed by atoms with Crippen LogP contribution < -0.4 is 14.8 Å². The van der Waals surface area contributed by atoms with Gasteiger partial charge in [0.05, 0.1) is 12.1 Å². The maximum Gasteiger partial charge on any atom is 0.265 e. The summed E-state index contributed by atoms with van der Waals surface area (Å²) in [5, 5.41) is 2.78. The maximum atomic E-state index is 12.4. The molecule has 2 aromatic rings. The van der Waals surface area contributed by atoms with Crippen LogP contribution in [0.3, 0.4) is 0 Å². The average molecular weight is 340 g/mol. The van der Waals surface area contributed by atoms with E-state index >= 15 is 0 Å². The number of hydrogen-bond donors (Lipinski definition) is 1. The molecule has 0 aromatic heterocycles. The molecule has 0 spiro atoms. The Morgan fingerprint density at radius 1 is 1.24 bits per heavy atom. The molecule has 2 aromatic carbocycles. The first-order valence-electron chi connectivity index (χ1n) is 8.09. The van der Waals surface area contributed by atoms with Gasteiger partial charge in [-0.25, -0.2) is 0 Å². The highest BCUT2D eigenvalue weighted by Gasteiger charge is 2.22. The second-order valence-corrected chi connectivity index (χ2v) is 5.85. The summed E-state index contributed by atoms with van der Waals surface area (Å²) in [6, 6.07) is 14.2. The van der Waals surface area contributed by atoms with E-state index in [-0.39, 0.29) is 11.8 Å². The van der Waals surface area contributed by atoms with Gasteiger partial charge in [-0.05, 0) is 37.3 Å². The van der Waals surface area contributed by atoms with E-state index < -0.39 is 6.10 Å². The largest absolute Gasteiger partial charge is 0.491 e. The summed E-state index contributed by atoms with van der Waals surface area (Å²) in [5.74, 6) is 0.731. The minimum Gasteiger partial charge on any atom is -0.491 e. The third-order valence-electron chi connectivity index (χ3n) is 3.93. The van der Waals surface area contributed by atoms with Gasteiger partial charge in [0.1, 0.15) is 18.1 Å². The van der Waals surface area contributed by atoms with Crippen LogP contribution in [0.2, 0.25) is 0 Å². The number of hydrogen-bond acceptors (Lipinski definition) is 4. The van der Waals surface area contributed by atoms with Crippen molar-refractivity contribution < 1.29 is 19.1 Å². The quantitative estimate of drug-likeness (QED) is 0.929. The van der Waals surface area contributed by atoms with Crippen LogP contribution in [-0.2, 0) is 4.79 Å². The Morgan fingerprint density at radius 3 is 2.76 bits per heavy atom. The summed E-state index contributed by atoms with van der Waals surface area (Å²) in [7, 11) is 1.72. The number of likely N-dealkylation sites (N-methyl/N-ethyl adjacent to an activating group) is 1. The van der Waals surface area contributed by atoms with Gasteiger partial charge in [0.2, 0.25) is 0 Å². The fraction of sp³-hybridized carbons (Fsp3) is 0.263. The minimum absolute atomic E-state index is 0.128. The van der Waals surface area contributed by atoms with Crippen LogP contribution >= 0.6 is 0 Å². The number of rotatable bonds is 4. The lowest BCUT2D eigenvalue weighted by Crippen LogP contribution is -2.30.